The van der Waals surface area contributed by atoms with Crippen molar-refractivity contribution < 1.29 is 19.1 Å². The van der Waals surface area contributed by atoms with Gasteiger partial charge in [-0.3, -0.25) is 9.69 Å². The Bertz CT molecular complexity index is 739. The highest BCUT2D eigenvalue weighted by Gasteiger charge is 2.36. The van der Waals surface area contributed by atoms with Crippen LogP contribution in [0.25, 0.3) is 6.08 Å². The lowest BCUT2D eigenvalue weighted by molar-refractivity contribution is -0.145. The monoisotopic (exact) mass is 388 g/mol. The first kappa shape index (κ1) is 19.4. The number of thiocarbonyl (C=S) groups is 1. The molecule has 1 heterocycles. The van der Waals surface area contributed by atoms with Crippen molar-refractivity contribution in [1.29, 1.82) is 0 Å². The fraction of sp³-hybridized carbons (Fsp3) is 0.450. The number of rotatable bonds is 6. The number of nitrogens with one attached hydrogen (secondary N) is 1. The molecule has 1 aromatic carbocycles. The van der Waals surface area contributed by atoms with Crippen molar-refractivity contribution in [3.8, 4) is 5.75 Å². The van der Waals surface area contributed by atoms with Crippen LogP contribution in [0.4, 0.5) is 0 Å². The smallest absolute Gasteiger partial charge is 0.344 e. The van der Waals surface area contributed by atoms with Gasteiger partial charge in [0.1, 0.15) is 11.4 Å². The summed E-state index contributed by atoms with van der Waals surface area (Å²) in [5.74, 6) is 0.102. The molecule has 1 amide bonds. The lowest BCUT2D eigenvalue weighted by Gasteiger charge is -2.29. The van der Waals surface area contributed by atoms with Crippen molar-refractivity contribution in [2.75, 3.05) is 13.2 Å². The molecule has 2 fully saturated rings. The zero-order valence-electron chi connectivity index (χ0n) is 15.4. The zero-order valence-corrected chi connectivity index (χ0v) is 16.2. The predicted octanol–water partition coefficient (Wildman–Crippen LogP) is 3.02. The number of nitrogens with zero attached hydrogens (tertiary/aromatic N) is 1. The summed E-state index contributed by atoms with van der Waals surface area (Å²) in [5, 5.41) is 3.54. The van der Waals surface area contributed by atoms with Gasteiger partial charge >= 0.3 is 5.97 Å². The van der Waals surface area contributed by atoms with Crippen LogP contribution in [0.3, 0.4) is 0 Å². The maximum absolute atomic E-state index is 12.8. The van der Waals surface area contributed by atoms with E-state index >= 15 is 0 Å². The molecule has 2 aliphatic rings. The molecule has 0 atom stereocenters. The minimum absolute atomic E-state index is 0.0606. The van der Waals surface area contributed by atoms with Crippen molar-refractivity contribution >= 4 is 35.3 Å². The molecule has 1 aliphatic carbocycles. The Kier molecular flexibility index (Phi) is 6.45. The minimum atomic E-state index is -0.402. The lowest BCUT2D eigenvalue weighted by Crippen LogP contribution is -2.41. The van der Waals surface area contributed by atoms with Gasteiger partial charge in [0.15, 0.2) is 11.7 Å². The third-order valence-corrected chi connectivity index (χ3v) is 5.00. The molecule has 3 rings (SSSR count). The Morgan fingerprint density at radius 2 is 1.96 bits per heavy atom. The number of amides is 1. The highest BCUT2D eigenvalue weighted by Crippen LogP contribution is 2.27. The van der Waals surface area contributed by atoms with E-state index in [-0.39, 0.29) is 18.6 Å². The number of hydrogen-bond acceptors (Lipinski definition) is 5. The molecule has 27 heavy (non-hydrogen) atoms. The van der Waals surface area contributed by atoms with E-state index in [1.54, 1.807) is 30.0 Å². The minimum Gasteiger partial charge on any atom is -0.482 e. The number of carbonyl (C=O) groups is 2. The second kappa shape index (κ2) is 8.99. The molecular formula is C20H24N2O4S. The van der Waals surface area contributed by atoms with Crippen LogP contribution in [-0.4, -0.2) is 41.1 Å². The van der Waals surface area contributed by atoms with E-state index < -0.39 is 5.97 Å². The normalized spacial score (nSPS) is 19.3. The topological polar surface area (TPSA) is 67.9 Å². The first-order chi connectivity index (χ1) is 13.1. The van der Waals surface area contributed by atoms with Gasteiger partial charge < -0.3 is 14.8 Å². The summed E-state index contributed by atoms with van der Waals surface area (Å²) < 4.78 is 10.2. The van der Waals surface area contributed by atoms with Crippen LogP contribution >= 0.6 is 12.2 Å². The van der Waals surface area contributed by atoms with Gasteiger partial charge in [-0.05, 0) is 55.8 Å². The van der Waals surface area contributed by atoms with Gasteiger partial charge in [0.05, 0.1) is 6.61 Å². The molecule has 1 saturated heterocycles. The van der Waals surface area contributed by atoms with Gasteiger partial charge in [-0.15, -0.1) is 0 Å². The molecule has 144 valence electrons. The average molecular weight is 388 g/mol. The third-order valence-electron chi connectivity index (χ3n) is 4.70. The SMILES string of the molecule is CCOC(=O)COc1ccc(C=C2NC(=S)N(C3CCCCC3)C2=O)cc1. The first-order valence-corrected chi connectivity index (χ1v) is 9.74. The standard InChI is InChI=1S/C20H24N2O4S/c1-2-25-18(23)13-26-16-10-8-14(9-11-16)12-17-19(24)22(20(27)21-17)15-6-4-3-5-7-15/h8-12,15H,2-7,13H2,1H3,(H,21,27). The van der Waals surface area contributed by atoms with Gasteiger partial charge in [-0.25, -0.2) is 4.79 Å². The van der Waals surface area contributed by atoms with Crippen LogP contribution in [0.15, 0.2) is 30.0 Å². The molecule has 1 saturated carbocycles. The quantitative estimate of drug-likeness (QED) is 0.459. The maximum atomic E-state index is 12.8. The summed E-state index contributed by atoms with van der Waals surface area (Å²) in [7, 11) is 0. The molecule has 0 bridgehead atoms. The van der Waals surface area contributed by atoms with Crippen molar-refractivity contribution in [3.05, 3.63) is 35.5 Å². The molecule has 1 aliphatic heterocycles. The number of hydrogen-bond donors (Lipinski definition) is 1. The van der Waals surface area contributed by atoms with Gasteiger partial charge in [0.2, 0.25) is 0 Å². The van der Waals surface area contributed by atoms with Crippen LogP contribution in [-0.2, 0) is 14.3 Å². The number of benzene rings is 1. The molecule has 0 unspecified atom stereocenters. The van der Waals surface area contributed by atoms with E-state index in [1.165, 1.54) is 6.42 Å². The van der Waals surface area contributed by atoms with Crippen LogP contribution in [0, 0.1) is 0 Å². The molecular weight excluding hydrogens is 364 g/mol. The van der Waals surface area contributed by atoms with Crippen molar-refractivity contribution in [2.45, 2.75) is 45.1 Å². The van der Waals surface area contributed by atoms with Crippen LogP contribution < -0.4 is 10.1 Å². The van der Waals surface area contributed by atoms with E-state index in [9.17, 15) is 9.59 Å². The zero-order chi connectivity index (χ0) is 19.2. The molecule has 1 N–H and O–H groups in total. The van der Waals surface area contributed by atoms with Crippen LogP contribution in [0.2, 0.25) is 0 Å². The molecule has 0 aromatic heterocycles. The predicted molar refractivity (Wildman–Crippen MR) is 106 cm³/mol. The van der Waals surface area contributed by atoms with Gasteiger partial charge in [-0.2, -0.15) is 0 Å². The Labute approximate surface area is 164 Å². The number of ether oxygens (including phenoxy) is 2. The van der Waals surface area contributed by atoms with E-state index in [2.05, 4.69) is 5.32 Å². The largest absolute Gasteiger partial charge is 0.482 e. The molecule has 1 aromatic rings. The Hall–Kier alpha value is -2.41. The fourth-order valence-corrected chi connectivity index (χ4v) is 3.73. The second-order valence-electron chi connectivity index (χ2n) is 6.62. The third kappa shape index (κ3) is 4.86. The molecule has 0 spiro atoms. The van der Waals surface area contributed by atoms with Gasteiger partial charge in [0.25, 0.3) is 5.91 Å². The Morgan fingerprint density at radius 3 is 2.63 bits per heavy atom. The maximum Gasteiger partial charge on any atom is 0.344 e. The Morgan fingerprint density at radius 1 is 1.26 bits per heavy atom. The second-order valence-corrected chi connectivity index (χ2v) is 7.00. The van der Waals surface area contributed by atoms with Gasteiger partial charge in [-0.1, -0.05) is 31.4 Å². The summed E-state index contributed by atoms with van der Waals surface area (Å²) in [6, 6.07) is 7.37. The average Bonchev–Trinajstić information content (AvgIpc) is 2.95. The van der Waals surface area contributed by atoms with Crippen molar-refractivity contribution in [3.63, 3.8) is 0 Å². The summed E-state index contributed by atoms with van der Waals surface area (Å²) in [4.78, 5) is 25.8. The molecule has 7 heteroatoms. The first-order valence-electron chi connectivity index (χ1n) is 9.33. The van der Waals surface area contributed by atoms with Crippen LogP contribution in [0.1, 0.15) is 44.6 Å². The molecule has 0 radical (unpaired) electrons. The lowest BCUT2D eigenvalue weighted by atomic mass is 9.94. The number of esters is 1. The van der Waals surface area contributed by atoms with E-state index in [1.807, 2.05) is 12.1 Å². The summed E-state index contributed by atoms with van der Waals surface area (Å²) in [5.41, 5.74) is 1.34. The summed E-state index contributed by atoms with van der Waals surface area (Å²) >= 11 is 5.38. The fourth-order valence-electron chi connectivity index (χ4n) is 3.39. The highest BCUT2D eigenvalue weighted by atomic mass is 32.1. The van der Waals surface area contributed by atoms with Crippen molar-refractivity contribution in [1.82, 2.24) is 10.2 Å². The Balaban J connectivity index is 1.63. The van der Waals surface area contributed by atoms with Gasteiger partial charge in [0, 0.05) is 6.04 Å². The molecule has 6 nitrogen and oxygen atoms in total. The van der Waals surface area contributed by atoms with E-state index in [0.717, 1.165) is 31.2 Å². The highest BCUT2D eigenvalue weighted by molar-refractivity contribution is 7.80. The summed E-state index contributed by atoms with van der Waals surface area (Å²) in [6.07, 6.45) is 7.31. The van der Waals surface area contributed by atoms with E-state index in [4.69, 9.17) is 21.7 Å². The van der Waals surface area contributed by atoms with E-state index in [0.29, 0.717) is 23.2 Å². The van der Waals surface area contributed by atoms with Crippen LogP contribution in [0.5, 0.6) is 5.75 Å². The van der Waals surface area contributed by atoms with Crippen molar-refractivity contribution in [2.24, 2.45) is 0 Å². The summed E-state index contributed by atoms with van der Waals surface area (Å²) in [6.45, 7) is 1.95. The number of carbonyl (C=O) groups excluding carboxylic acids is 2.